The van der Waals surface area contributed by atoms with Crippen LogP contribution < -0.4 is 27.4 Å². The highest BCUT2D eigenvalue weighted by atomic mass is 16.4. The Morgan fingerprint density at radius 1 is 1.06 bits per heavy atom. The summed E-state index contributed by atoms with van der Waals surface area (Å²) in [6.07, 6.45) is 3.71. The molecule has 0 fully saturated rings. The van der Waals surface area contributed by atoms with Crippen LogP contribution in [0.2, 0.25) is 0 Å². The molecule has 0 saturated carbocycles. The van der Waals surface area contributed by atoms with Gasteiger partial charge in [-0.05, 0) is 38.6 Å². The minimum absolute atomic E-state index is 0.195. The Labute approximate surface area is 204 Å². The number of unbranched alkanes of at least 4 members (excludes halogenated alkanes) is 1. The number of nitrogens with zero attached hydrogens (tertiary/aromatic N) is 1. The number of carbonyl (C=O) groups is 4. The lowest BCUT2D eigenvalue weighted by Gasteiger charge is -2.28. The van der Waals surface area contributed by atoms with E-state index in [1.807, 2.05) is 6.92 Å². The lowest BCUT2D eigenvalue weighted by Crippen LogP contribution is -2.59. The Bertz CT molecular complexity index is 817. The Balaban J connectivity index is 2.97. The number of hydrogen-bond acceptors (Lipinski definition) is 8. The van der Waals surface area contributed by atoms with Crippen LogP contribution >= 0.6 is 0 Å². The summed E-state index contributed by atoms with van der Waals surface area (Å²) < 4.78 is 0. The van der Waals surface area contributed by atoms with Gasteiger partial charge >= 0.3 is 5.97 Å². The molecule has 0 aliphatic rings. The molecule has 6 atom stereocenters. The van der Waals surface area contributed by atoms with Crippen molar-refractivity contribution >= 4 is 23.7 Å². The van der Waals surface area contributed by atoms with Crippen LogP contribution in [0.25, 0.3) is 0 Å². The summed E-state index contributed by atoms with van der Waals surface area (Å²) >= 11 is 0. The molecular weight excluding hydrogens is 458 g/mol. The zero-order chi connectivity index (χ0) is 26.5. The number of imidazole rings is 1. The van der Waals surface area contributed by atoms with Gasteiger partial charge in [-0.1, -0.05) is 20.3 Å². The quantitative estimate of drug-likeness (QED) is 0.123. The fourth-order valence-electron chi connectivity index (χ4n) is 3.35. The topological polar surface area (TPSA) is 226 Å². The van der Waals surface area contributed by atoms with Gasteiger partial charge in [-0.15, -0.1) is 0 Å². The second-order valence-electron chi connectivity index (χ2n) is 8.67. The lowest BCUT2D eigenvalue weighted by atomic mass is 9.96. The standard InChI is InChI=1S/C22H39N7O6/c1-4-12(2)17(28-19(31)15(24)9-14-10-25-11-26-14)21(33)27-16(7-5-6-8-23)20(32)29-18(13(3)30)22(34)35/h10-13,15-18,30H,4-9,23-24H2,1-3H3,(H,25,26)(H,27,33)(H,28,31)(H,29,32)(H,34,35). The maximum absolute atomic E-state index is 13.2. The molecule has 1 aromatic rings. The number of nitrogens with two attached hydrogens (primary N) is 2. The number of carbonyl (C=O) groups excluding carboxylic acids is 3. The highest BCUT2D eigenvalue weighted by Gasteiger charge is 2.33. The first kappa shape index (κ1) is 30.0. The molecule has 1 rings (SSSR count). The minimum Gasteiger partial charge on any atom is -0.480 e. The average molecular weight is 498 g/mol. The molecule has 0 aliphatic carbocycles. The number of rotatable bonds is 16. The number of aliphatic hydroxyl groups is 1. The summed E-state index contributed by atoms with van der Waals surface area (Å²) in [7, 11) is 0. The average Bonchev–Trinajstić information content (AvgIpc) is 3.31. The van der Waals surface area contributed by atoms with Gasteiger partial charge in [-0.2, -0.15) is 0 Å². The van der Waals surface area contributed by atoms with Gasteiger partial charge in [0.2, 0.25) is 17.7 Å². The van der Waals surface area contributed by atoms with Crippen LogP contribution in [0.5, 0.6) is 0 Å². The van der Waals surface area contributed by atoms with E-state index in [1.165, 1.54) is 13.3 Å². The predicted molar refractivity (Wildman–Crippen MR) is 128 cm³/mol. The predicted octanol–water partition coefficient (Wildman–Crippen LogP) is -1.63. The third-order valence-corrected chi connectivity index (χ3v) is 5.75. The van der Waals surface area contributed by atoms with Gasteiger partial charge in [0.15, 0.2) is 6.04 Å². The van der Waals surface area contributed by atoms with Crippen molar-refractivity contribution in [1.29, 1.82) is 0 Å². The van der Waals surface area contributed by atoms with Crippen molar-refractivity contribution in [3.8, 4) is 0 Å². The Hall–Kier alpha value is -3.03. The summed E-state index contributed by atoms with van der Waals surface area (Å²) in [5.74, 6) is -3.58. The normalized spacial score (nSPS) is 16.3. The smallest absolute Gasteiger partial charge is 0.328 e. The second-order valence-corrected chi connectivity index (χ2v) is 8.67. The molecule has 0 aliphatic heterocycles. The largest absolute Gasteiger partial charge is 0.480 e. The molecule has 10 N–H and O–H groups in total. The third-order valence-electron chi connectivity index (χ3n) is 5.75. The van der Waals surface area contributed by atoms with E-state index in [9.17, 15) is 29.4 Å². The number of aromatic amines is 1. The van der Waals surface area contributed by atoms with Crippen molar-refractivity contribution in [2.24, 2.45) is 17.4 Å². The molecule has 0 aromatic carbocycles. The van der Waals surface area contributed by atoms with Gasteiger partial charge in [-0.25, -0.2) is 9.78 Å². The van der Waals surface area contributed by atoms with E-state index in [0.29, 0.717) is 31.5 Å². The maximum Gasteiger partial charge on any atom is 0.328 e. The van der Waals surface area contributed by atoms with E-state index < -0.39 is 54.0 Å². The molecule has 1 heterocycles. The summed E-state index contributed by atoms with van der Waals surface area (Å²) in [6, 6.07) is -4.53. The molecule has 13 nitrogen and oxygen atoms in total. The van der Waals surface area contributed by atoms with Crippen LogP contribution in [-0.4, -0.2) is 80.7 Å². The van der Waals surface area contributed by atoms with E-state index >= 15 is 0 Å². The van der Waals surface area contributed by atoms with Crippen LogP contribution in [-0.2, 0) is 25.6 Å². The number of carboxylic acids is 1. The molecular formula is C22H39N7O6. The van der Waals surface area contributed by atoms with Crippen LogP contribution in [0.4, 0.5) is 0 Å². The summed E-state index contributed by atoms with van der Waals surface area (Å²) in [6.45, 7) is 5.26. The molecule has 35 heavy (non-hydrogen) atoms. The monoisotopic (exact) mass is 497 g/mol. The Morgan fingerprint density at radius 3 is 2.23 bits per heavy atom. The van der Waals surface area contributed by atoms with Crippen LogP contribution in [0.15, 0.2) is 12.5 Å². The number of aromatic nitrogens is 2. The SMILES string of the molecule is CCC(C)C(NC(=O)C(N)Cc1cnc[nH]1)C(=O)NC(CCCCN)C(=O)NC(C(=O)O)C(C)O. The molecule has 1 aromatic heterocycles. The van der Waals surface area contributed by atoms with Crippen molar-refractivity contribution in [3.63, 3.8) is 0 Å². The van der Waals surface area contributed by atoms with E-state index in [1.54, 1.807) is 13.1 Å². The number of nitrogens with one attached hydrogen (secondary N) is 4. The highest BCUT2D eigenvalue weighted by molar-refractivity contribution is 5.94. The maximum atomic E-state index is 13.2. The van der Waals surface area contributed by atoms with Gasteiger partial charge in [0.05, 0.1) is 18.5 Å². The van der Waals surface area contributed by atoms with Crippen molar-refractivity contribution in [3.05, 3.63) is 18.2 Å². The number of amides is 3. The van der Waals surface area contributed by atoms with Crippen molar-refractivity contribution in [2.45, 2.75) is 83.1 Å². The van der Waals surface area contributed by atoms with E-state index in [2.05, 4.69) is 25.9 Å². The van der Waals surface area contributed by atoms with E-state index in [4.69, 9.17) is 11.5 Å². The zero-order valence-corrected chi connectivity index (χ0v) is 20.5. The third kappa shape index (κ3) is 10.0. The number of aliphatic carboxylic acids is 1. The summed E-state index contributed by atoms with van der Waals surface area (Å²) in [4.78, 5) is 56.8. The molecule has 6 unspecified atom stereocenters. The second kappa shape index (κ2) is 15.1. The van der Waals surface area contributed by atoms with Crippen molar-refractivity contribution in [2.75, 3.05) is 6.54 Å². The summed E-state index contributed by atoms with van der Waals surface area (Å²) in [5, 5.41) is 26.5. The fraction of sp³-hybridized carbons (Fsp3) is 0.682. The number of carboxylic acid groups (broad SMARTS) is 1. The molecule has 0 spiro atoms. The van der Waals surface area contributed by atoms with Gasteiger partial charge in [-0.3, -0.25) is 14.4 Å². The highest BCUT2D eigenvalue weighted by Crippen LogP contribution is 2.11. The van der Waals surface area contributed by atoms with E-state index in [0.717, 1.165) is 0 Å². The number of H-pyrrole nitrogens is 1. The number of hydrogen-bond donors (Lipinski definition) is 8. The molecule has 0 saturated heterocycles. The van der Waals surface area contributed by atoms with Crippen molar-refractivity contribution < 1.29 is 29.4 Å². The van der Waals surface area contributed by atoms with E-state index in [-0.39, 0.29) is 18.8 Å². The van der Waals surface area contributed by atoms with Crippen LogP contribution in [0.3, 0.4) is 0 Å². The first-order chi connectivity index (χ1) is 16.5. The first-order valence-electron chi connectivity index (χ1n) is 11.8. The molecule has 13 heteroatoms. The lowest BCUT2D eigenvalue weighted by molar-refractivity contribution is -0.145. The molecule has 3 amide bonds. The minimum atomic E-state index is -1.54. The van der Waals surface area contributed by atoms with Crippen LogP contribution in [0.1, 0.15) is 52.1 Å². The van der Waals surface area contributed by atoms with Crippen molar-refractivity contribution in [1.82, 2.24) is 25.9 Å². The van der Waals surface area contributed by atoms with Gasteiger partial charge in [0.1, 0.15) is 12.1 Å². The first-order valence-corrected chi connectivity index (χ1v) is 11.8. The van der Waals surface area contributed by atoms with Gasteiger partial charge < -0.3 is 42.6 Å². The number of aliphatic hydroxyl groups excluding tert-OH is 1. The van der Waals surface area contributed by atoms with Gasteiger partial charge in [0.25, 0.3) is 0 Å². The Kier molecular flexibility index (Phi) is 12.9. The molecule has 198 valence electrons. The fourth-order valence-corrected chi connectivity index (χ4v) is 3.35. The Morgan fingerprint density at radius 2 is 1.71 bits per heavy atom. The zero-order valence-electron chi connectivity index (χ0n) is 20.5. The molecule has 0 bridgehead atoms. The molecule has 0 radical (unpaired) electrons. The van der Waals surface area contributed by atoms with Gasteiger partial charge in [0, 0.05) is 18.3 Å². The van der Waals surface area contributed by atoms with Crippen LogP contribution in [0, 0.1) is 5.92 Å². The summed E-state index contributed by atoms with van der Waals surface area (Å²) in [5.41, 5.74) is 12.2.